The van der Waals surface area contributed by atoms with Crippen molar-refractivity contribution < 1.29 is 0 Å². The zero-order valence-electron chi connectivity index (χ0n) is 9.69. The zero-order valence-corrected chi connectivity index (χ0v) is 12.7. The first-order valence-corrected chi connectivity index (χ1v) is 7.07. The highest BCUT2D eigenvalue weighted by Crippen LogP contribution is 2.12. The molecule has 2 rings (SSSR count). The molecule has 0 aliphatic heterocycles. The van der Waals surface area contributed by atoms with E-state index in [1.807, 2.05) is 36.4 Å². The Morgan fingerprint density at radius 3 is 2.56 bits per heavy atom. The minimum Gasteiger partial charge on any atom is -0.358 e. The van der Waals surface area contributed by atoms with Gasteiger partial charge >= 0.3 is 0 Å². The van der Waals surface area contributed by atoms with Gasteiger partial charge in [0.05, 0.1) is 0 Å². The fourth-order valence-corrected chi connectivity index (χ4v) is 2.25. The average molecular weight is 368 g/mol. The quantitative estimate of drug-likeness (QED) is 0.637. The van der Waals surface area contributed by atoms with Crippen LogP contribution in [0.1, 0.15) is 5.56 Å². The van der Waals surface area contributed by atoms with Crippen LogP contribution in [0.15, 0.2) is 54.6 Å². The van der Waals surface area contributed by atoms with Gasteiger partial charge in [0.1, 0.15) is 0 Å². The van der Waals surface area contributed by atoms with Crippen molar-refractivity contribution in [2.24, 2.45) is 0 Å². The van der Waals surface area contributed by atoms with Gasteiger partial charge in [-0.1, -0.05) is 36.4 Å². The highest BCUT2D eigenvalue weighted by Gasteiger charge is 1.98. The maximum atomic E-state index is 5.25. The van der Waals surface area contributed by atoms with Crippen molar-refractivity contribution in [2.45, 2.75) is 6.54 Å². The van der Waals surface area contributed by atoms with Gasteiger partial charge in [-0.3, -0.25) is 0 Å². The van der Waals surface area contributed by atoms with Gasteiger partial charge in [0.2, 0.25) is 0 Å². The lowest BCUT2D eigenvalue weighted by Crippen LogP contribution is -2.27. The topological polar surface area (TPSA) is 24.1 Å². The highest BCUT2D eigenvalue weighted by atomic mass is 127. The molecule has 18 heavy (non-hydrogen) atoms. The van der Waals surface area contributed by atoms with Crippen LogP contribution >= 0.6 is 34.8 Å². The van der Waals surface area contributed by atoms with Crippen LogP contribution in [-0.4, -0.2) is 5.11 Å². The Morgan fingerprint density at radius 1 is 1.06 bits per heavy atom. The summed E-state index contributed by atoms with van der Waals surface area (Å²) in [5.74, 6) is 0. The van der Waals surface area contributed by atoms with E-state index in [0.29, 0.717) is 5.11 Å². The first-order chi connectivity index (χ1) is 8.74. The van der Waals surface area contributed by atoms with Crippen LogP contribution in [0.3, 0.4) is 0 Å². The molecule has 0 heterocycles. The van der Waals surface area contributed by atoms with E-state index in [2.05, 4.69) is 51.4 Å². The van der Waals surface area contributed by atoms with E-state index < -0.39 is 0 Å². The van der Waals surface area contributed by atoms with E-state index in [4.69, 9.17) is 12.2 Å². The predicted molar refractivity (Wildman–Crippen MR) is 88.7 cm³/mol. The predicted octanol–water partition coefficient (Wildman–Crippen LogP) is 3.78. The molecule has 2 N–H and O–H groups in total. The molecule has 0 atom stereocenters. The lowest BCUT2D eigenvalue weighted by molar-refractivity contribution is 0.926. The Balaban J connectivity index is 1.86. The minimum atomic E-state index is 0.640. The van der Waals surface area contributed by atoms with Gasteiger partial charge in [0.15, 0.2) is 5.11 Å². The summed E-state index contributed by atoms with van der Waals surface area (Å²) < 4.78 is 1.18. The molecular formula is C14H13IN2S. The van der Waals surface area contributed by atoms with Gasteiger partial charge < -0.3 is 10.6 Å². The summed E-state index contributed by atoms with van der Waals surface area (Å²) in [5.41, 5.74) is 2.22. The second kappa shape index (κ2) is 6.70. The molecule has 0 saturated carbocycles. The molecule has 0 saturated heterocycles. The molecule has 92 valence electrons. The van der Waals surface area contributed by atoms with E-state index in [1.54, 1.807) is 0 Å². The lowest BCUT2D eigenvalue weighted by atomic mass is 10.2. The third-order valence-corrected chi connectivity index (χ3v) is 3.30. The summed E-state index contributed by atoms with van der Waals surface area (Å²) in [6.07, 6.45) is 0. The highest BCUT2D eigenvalue weighted by molar-refractivity contribution is 14.1. The molecule has 0 aliphatic rings. The number of nitrogens with one attached hydrogen (secondary N) is 2. The van der Waals surface area contributed by atoms with Crippen LogP contribution in [0, 0.1) is 3.57 Å². The van der Waals surface area contributed by atoms with E-state index in [0.717, 1.165) is 12.2 Å². The molecule has 0 aromatic heterocycles. The first kappa shape index (κ1) is 13.3. The van der Waals surface area contributed by atoms with Crippen molar-refractivity contribution in [3.8, 4) is 0 Å². The summed E-state index contributed by atoms with van der Waals surface area (Å²) >= 11 is 7.53. The third kappa shape index (κ3) is 4.27. The fraction of sp³-hybridized carbons (Fsp3) is 0.0714. The maximum Gasteiger partial charge on any atom is 0.171 e. The van der Waals surface area contributed by atoms with Crippen LogP contribution in [-0.2, 0) is 6.54 Å². The first-order valence-electron chi connectivity index (χ1n) is 5.58. The summed E-state index contributed by atoms with van der Waals surface area (Å²) in [6, 6.07) is 18.3. The van der Waals surface area contributed by atoms with Gasteiger partial charge in [-0.25, -0.2) is 0 Å². The van der Waals surface area contributed by atoms with Crippen molar-refractivity contribution >= 4 is 45.6 Å². The molecule has 0 radical (unpaired) electrons. The fourth-order valence-electron chi connectivity index (χ4n) is 1.52. The van der Waals surface area contributed by atoms with Crippen LogP contribution in [0.4, 0.5) is 5.69 Å². The monoisotopic (exact) mass is 368 g/mol. The van der Waals surface area contributed by atoms with Crippen molar-refractivity contribution in [2.75, 3.05) is 5.32 Å². The molecular weight excluding hydrogens is 355 g/mol. The molecule has 2 nitrogen and oxygen atoms in total. The summed E-state index contributed by atoms with van der Waals surface area (Å²) in [4.78, 5) is 0. The van der Waals surface area contributed by atoms with Crippen LogP contribution < -0.4 is 10.6 Å². The van der Waals surface area contributed by atoms with E-state index in [1.165, 1.54) is 9.13 Å². The average Bonchev–Trinajstić information content (AvgIpc) is 2.38. The normalized spacial score (nSPS) is 9.83. The van der Waals surface area contributed by atoms with Crippen molar-refractivity contribution in [3.63, 3.8) is 0 Å². The van der Waals surface area contributed by atoms with E-state index in [-0.39, 0.29) is 0 Å². The summed E-state index contributed by atoms with van der Waals surface area (Å²) in [7, 11) is 0. The van der Waals surface area contributed by atoms with Crippen molar-refractivity contribution in [3.05, 3.63) is 63.7 Å². The number of anilines is 1. The van der Waals surface area contributed by atoms with Crippen molar-refractivity contribution in [1.29, 1.82) is 0 Å². The van der Waals surface area contributed by atoms with Gasteiger partial charge in [-0.2, -0.15) is 0 Å². The number of hydrogen-bond donors (Lipinski definition) is 2. The molecule has 2 aromatic carbocycles. The maximum absolute atomic E-state index is 5.25. The second-order valence-electron chi connectivity index (χ2n) is 3.80. The molecule has 0 bridgehead atoms. The molecule has 0 unspecified atom stereocenters. The van der Waals surface area contributed by atoms with Gasteiger partial charge in [-0.05, 0) is 58.6 Å². The smallest absolute Gasteiger partial charge is 0.171 e. The largest absolute Gasteiger partial charge is 0.358 e. The Hall–Kier alpha value is -1.14. The van der Waals surface area contributed by atoms with Crippen LogP contribution in [0.5, 0.6) is 0 Å². The molecule has 2 aromatic rings. The minimum absolute atomic E-state index is 0.640. The van der Waals surface area contributed by atoms with Crippen molar-refractivity contribution in [1.82, 2.24) is 5.32 Å². The molecule has 0 fully saturated rings. The van der Waals surface area contributed by atoms with Gasteiger partial charge in [0.25, 0.3) is 0 Å². The van der Waals surface area contributed by atoms with Gasteiger partial charge in [0, 0.05) is 15.8 Å². The summed E-state index contributed by atoms with van der Waals surface area (Å²) in [5, 5.41) is 6.99. The molecule has 0 amide bonds. The van der Waals surface area contributed by atoms with E-state index >= 15 is 0 Å². The Labute approximate surface area is 126 Å². The number of halogens is 1. The van der Waals surface area contributed by atoms with Crippen LogP contribution in [0.2, 0.25) is 0 Å². The Bertz CT molecular complexity index is 528. The second-order valence-corrected chi connectivity index (χ2v) is 5.46. The Kier molecular flexibility index (Phi) is 4.95. The lowest BCUT2D eigenvalue weighted by Gasteiger charge is -2.10. The molecule has 4 heteroatoms. The number of benzene rings is 2. The van der Waals surface area contributed by atoms with Crippen LogP contribution in [0.25, 0.3) is 0 Å². The zero-order chi connectivity index (χ0) is 12.8. The standard InChI is InChI=1S/C14H13IN2S/c15-12-7-4-8-13(9-12)17-14(18)16-10-11-5-2-1-3-6-11/h1-9H,10H2,(H2,16,17,18). The number of thiocarbonyl (C=S) groups is 1. The SMILES string of the molecule is S=C(NCc1ccccc1)Nc1cccc(I)c1. The number of rotatable bonds is 3. The Morgan fingerprint density at radius 2 is 1.83 bits per heavy atom. The molecule has 0 spiro atoms. The van der Waals surface area contributed by atoms with E-state index in [9.17, 15) is 0 Å². The summed E-state index contributed by atoms with van der Waals surface area (Å²) in [6.45, 7) is 0.733. The molecule has 0 aliphatic carbocycles. The third-order valence-electron chi connectivity index (χ3n) is 2.38. The number of hydrogen-bond acceptors (Lipinski definition) is 1. The van der Waals surface area contributed by atoms with Gasteiger partial charge in [-0.15, -0.1) is 0 Å².